The summed E-state index contributed by atoms with van der Waals surface area (Å²) in [5.41, 5.74) is -1.16. The summed E-state index contributed by atoms with van der Waals surface area (Å²) >= 11 is 0. The Hall–Kier alpha value is -2.42. The second kappa shape index (κ2) is 5.29. The van der Waals surface area contributed by atoms with Gasteiger partial charge in [0.15, 0.2) is 0 Å². The highest BCUT2D eigenvalue weighted by Gasteiger charge is 2.33. The van der Waals surface area contributed by atoms with Crippen molar-refractivity contribution in [3.8, 4) is 17.3 Å². The summed E-state index contributed by atoms with van der Waals surface area (Å²) in [6, 6.07) is 8.82. The molecule has 2 nitrogen and oxygen atoms in total. The molecule has 0 spiro atoms. The monoisotopic (exact) mass is 280 g/mol. The van der Waals surface area contributed by atoms with Crippen LogP contribution < -0.4 is 0 Å². The lowest BCUT2D eigenvalue weighted by Crippen LogP contribution is -2.08. The fraction of sp³-hybridized carbons (Fsp3) is 0.143. The quantitative estimate of drug-likeness (QED) is 0.780. The predicted octanol–water partition coefficient (Wildman–Crippen LogP) is 3.97. The van der Waals surface area contributed by atoms with Gasteiger partial charge in [0.1, 0.15) is 5.82 Å². The van der Waals surface area contributed by atoms with E-state index in [1.165, 1.54) is 24.3 Å². The van der Waals surface area contributed by atoms with Gasteiger partial charge in [0.05, 0.1) is 29.4 Å². The van der Waals surface area contributed by atoms with Gasteiger partial charge in [0.2, 0.25) is 0 Å². The Morgan fingerprint density at radius 1 is 1.10 bits per heavy atom. The van der Waals surface area contributed by atoms with Crippen LogP contribution in [0.2, 0.25) is 0 Å². The number of halogens is 4. The van der Waals surface area contributed by atoms with Crippen molar-refractivity contribution in [1.29, 1.82) is 5.26 Å². The van der Waals surface area contributed by atoms with Gasteiger partial charge in [-0.15, -0.1) is 0 Å². The number of alkyl halides is 3. The Kier molecular flexibility index (Phi) is 3.70. The van der Waals surface area contributed by atoms with Gasteiger partial charge in [0.25, 0.3) is 0 Å². The van der Waals surface area contributed by atoms with Crippen molar-refractivity contribution in [1.82, 2.24) is 4.98 Å². The summed E-state index contributed by atoms with van der Waals surface area (Å²) in [6.45, 7) is 0. The van der Waals surface area contributed by atoms with Crippen molar-refractivity contribution < 1.29 is 17.6 Å². The van der Waals surface area contributed by atoms with Crippen molar-refractivity contribution in [2.45, 2.75) is 12.6 Å². The maximum Gasteiger partial charge on any atom is 0.417 e. The molecule has 0 radical (unpaired) electrons. The van der Waals surface area contributed by atoms with E-state index in [0.717, 1.165) is 12.1 Å². The summed E-state index contributed by atoms with van der Waals surface area (Å²) in [6.07, 6.45) is -4.82. The fourth-order valence-corrected chi connectivity index (χ4v) is 1.79. The minimum Gasteiger partial charge on any atom is -0.249 e. The molecule has 6 heteroatoms. The molecule has 0 aliphatic heterocycles. The highest BCUT2D eigenvalue weighted by Crippen LogP contribution is 2.36. The Morgan fingerprint density at radius 3 is 2.45 bits per heavy atom. The van der Waals surface area contributed by atoms with E-state index in [1.54, 1.807) is 6.07 Å². The summed E-state index contributed by atoms with van der Waals surface area (Å²) in [5.74, 6) is -0.709. The topological polar surface area (TPSA) is 36.7 Å². The molecule has 102 valence electrons. The maximum absolute atomic E-state index is 13.4. The largest absolute Gasteiger partial charge is 0.417 e. The third-order valence-electron chi connectivity index (χ3n) is 2.67. The average Bonchev–Trinajstić information content (AvgIpc) is 2.41. The maximum atomic E-state index is 13.4. The highest BCUT2D eigenvalue weighted by atomic mass is 19.4. The molecule has 0 fully saturated rings. The third kappa shape index (κ3) is 2.77. The first kappa shape index (κ1) is 14.0. The molecule has 1 aromatic carbocycles. The molecule has 0 unspecified atom stereocenters. The van der Waals surface area contributed by atoms with Crippen LogP contribution in [0.25, 0.3) is 11.3 Å². The molecule has 0 aliphatic carbocycles. The van der Waals surface area contributed by atoms with Crippen LogP contribution in [0, 0.1) is 17.1 Å². The third-order valence-corrected chi connectivity index (χ3v) is 2.67. The molecule has 0 atom stereocenters. The Labute approximate surface area is 112 Å². The number of benzene rings is 1. The van der Waals surface area contributed by atoms with E-state index >= 15 is 0 Å². The van der Waals surface area contributed by atoms with Crippen molar-refractivity contribution in [3.05, 3.63) is 53.5 Å². The van der Waals surface area contributed by atoms with Gasteiger partial charge in [-0.3, -0.25) is 0 Å². The van der Waals surface area contributed by atoms with Crippen molar-refractivity contribution in [2.24, 2.45) is 0 Å². The van der Waals surface area contributed by atoms with Crippen LogP contribution in [0.3, 0.4) is 0 Å². The van der Waals surface area contributed by atoms with Crippen LogP contribution >= 0.6 is 0 Å². The average molecular weight is 280 g/mol. The number of aromatic nitrogens is 1. The number of rotatable bonds is 2. The number of nitrogens with zero attached hydrogens (tertiary/aromatic N) is 2. The normalized spacial score (nSPS) is 11.2. The smallest absolute Gasteiger partial charge is 0.249 e. The molecule has 1 heterocycles. The second-order valence-corrected chi connectivity index (χ2v) is 4.00. The van der Waals surface area contributed by atoms with E-state index in [9.17, 15) is 17.6 Å². The van der Waals surface area contributed by atoms with E-state index in [2.05, 4.69) is 4.98 Å². The lowest BCUT2D eigenvalue weighted by atomic mass is 10.0. The molecular formula is C14H8F4N2. The minimum absolute atomic E-state index is 0.00965. The zero-order valence-corrected chi connectivity index (χ0v) is 10.1. The second-order valence-electron chi connectivity index (χ2n) is 4.00. The van der Waals surface area contributed by atoms with Crippen LogP contribution in [0.4, 0.5) is 17.6 Å². The first-order chi connectivity index (χ1) is 9.43. The first-order valence-electron chi connectivity index (χ1n) is 5.62. The van der Waals surface area contributed by atoms with Gasteiger partial charge in [-0.25, -0.2) is 9.37 Å². The molecule has 0 amide bonds. The molecule has 0 N–H and O–H groups in total. The lowest BCUT2D eigenvalue weighted by Gasteiger charge is -2.12. The lowest BCUT2D eigenvalue weighted by molar-refractivity contribution is -0.137. The number of hydrogen-bond acceptors (Lipinski definition) is 2. The number of pyridine rings is 1. The van der Waals surface area contributed by atoms with Crippen molar-refractivity contribution in [2.75, 3.05) is 0 Å². The van der Waals surface area contributed by atoms with E-state index in [4.69, 9.17) is 5.26 Å². The summed E-state index contributed by atoms with van der Waals surface area (Å²) in [5, 5.41) is 8.55. The van der Waals surface area contributed by atoms with Crippen LogP contribution in [-0.2, 0) is 12.6 Å². The van der Waals surface area contributed by atoms with Gasteiger partial charge < -0.3 is 0 Å². The van der Waals surface area contributed by atoms with Crippen molar-refractivity contribution >= 4 is 0 Å². The first-order valence-corrected chi connectivity index (χ1v) is 5.62. The molecule has 0 aliphatic rings. The van der Waals surface area contributed by atoms with Gasteiger partial charge >= 0.3 is 6.18 Å². The molecule has 0 saturated carbocycles. The van der Waals surface area contributed by atoms with Gasteiger partial charge in [-0.05, 0) is 18.2 Å². The molecule has 0 saturated heterocycles. The molecule has 1 aromatic heterocycles. The predicted molar refractivity (Wildman–Crippen MR) is 64.0 cm³/mol. The van der Waals surface area contributed by atoms with Crippen LogP contribution in [0.5, 0.6) is 0 Å². The summed E-state index contributed by atoms with van der Waals surface area (Å²) in [4.78, 5) is 3.81. The van der Waals surface area contributed by atoms with Gasteiger partial charge in [-0.2, -0.15) is 18.4 Å². The van der Waals surface area contributed by atoms with Crippen LogP contribution in [0.15, 0.2) is 36.4 Å². The SMILES string of the molecule is N#CCc1nc(-c2ccccc2C(F)(F)F)ccc1F. The van der Waals surface area contributed by atoms with Gasteiger partial charge in [0, 0.05) is 5.56 Å². The molecule has 0 bridgehead atoms. The van der Waals surface area contributed by atoms with Gasteiger partial charge in [-0.1, -0.05) is 18.2 Å². The molecular weight excluding hydrogens is 272 g/mol. The molecule has 2 rings (SSSR count). The Morgan fingerprint density at radius 2 is 1.80 bits per heavy atom. The summed E-state index contributed by atoms with van der Waals surface area (Å²) < 4.78 is 52.1. The van der Waals surface area contributed by atoms with Crippen LogP contribution in [-0.4, -0.2) is 4.98 Å². The zero-order valence-electron chi connectivity index (χ0n) is 10.1. The van der Waals surface area contributed by atoms with Crippen LogP contribution in [0.1, 0.15) is 11.3 Å². The Bertz CT molecular complexity index is 672. The Balaban J connectivity index is 2.58. The molecule has 20 heavy (non-hydrogen) atoms. The van der Waals surface area contributed by atoms with E-state index in [1.807, 2.05) is 0 Å². The number of hydrogen-bond donors (Lipinski definition) is 0. The molecule has 2 aromatic rings. The van der Waals surface area contributed by atoms with E-state index in [-0.39, 0.29) is 23.4 Å². The number of nitriles is 1. The van der Waals surface area contributed by atoms with Crippen molar-refractivity contribution in [3.63, 3.8) is 0 Å². The zero-order chi connectivity index (χ0) is 14.8. The van der Waals surface area contributed by atoms with E-state index < -0.39 is 17.6 Å². The fourth-order valence-electron chi connectivity index (χ4n) is 1.79. The van der Waals surface area contributed by atoms with E-state index in [0.29, 0.717) is 0 Å². The standard InChI is InChI=1S/C14H8F4N2/c15-11-5-6-12(20-13(11)7-8-19)9-3-1-2-4-10(9)14(16,17)18/h1-6H,7H2. The highest BCUT2D eigenvalue weighted by molar-refractivity contribution is 5.64. The summed E-state index contributed by atoms with van der Waals surface area (Å²) in [7, 11) is 0. The minimum atomic E-state index is -4.53.